The van der Waals surface area contributed by atoms with Crippen LogP contribution in [0.15, 0.2) is 84.3 Å². The maximum Gasteiger partial charge on any atom is 0.305 e. The van der Waals surface area contributed by atoms with Gasteiger partial charge in [-0.2, -0.15) is 0 Å². The number of aliphatic carboxylic acids is 1. The molecule has 0 saturated heterocycles. The molecule has 0 bridgehead atoms. The minimum atomic E-state index is -1.60. The van der Waals surface area contributed by atoms with Crippen LogP contribution in [-0.2, 0) is 27.1 Å². The summed E-state index contributed by atoms with van der Waals surface area (Å²) in [7, 11) is -1.60. The Balaban J connectivity index is 1.56. The van der Waals surface area contributed by atoms with Gasteiger partial charge in [-0.3, -0.25) is 9.59 Å². The molecule has 196 valence electrons. The number of hydrogen-bond acceptors (Lipinski definition) is 4. The Morgan fingerprint density at radius 2 is 1.68 bits per heavy atom. The number of hydrogen-bond donors (Lipinski definition) is 3. The number of carbonyl (C=O) groups excluding carboxylic acids is 1. The van der Waals surface area contributed by atoms with Gasteiger partial charge in [0.2, 0.25) is 5.91 Å². The van der Waals surface area contributed by atoms with Crippen molar-refractivity contribution in [3.05, 3.63) is 102 Å². The highest BCUT2D eigenvalue weighted by molar-refractivity contribution is 7.83. The molecule has 0 radical (unpaired) electrons. The second-order valence-electron chi connectivity index (χ2n) is 9.25. The number of nitrogens with one attached hydrogen (secondary N) is 2. The molecule has 2 unspecified atom stereocenters. The first-order chi connectivity index (χ1) is 18.2. The Morgan fingerprint density at radius 1 is 1.00 bits per heavy atom. The van der Waals surface area contributed by atoms with Crippen LogP contribution in [0, 0.1) is 20.8 Å². The lowest BCUT2D eigenvalue weighted by molar-refractivity contribution is -0.137. The molecule has 0 fully saturated rings. The summed E-state index contributed by atoms with van der Waals surface area (Å²) in [6.45, 7) is 5.95. The molecule has 3 N–H and O–H groups in total. The lowest BCUT2D eigenvalue weighted by Crippen LogP contribution is -2.27. The highest BCUT2D eigenvalue weighted by atomic mass is 32.2. The van der Waals surface area contributed by atoms with E-state index in [-0.39, 0.29) is 18.9 Å². The molecule has 0 aliphatic carbocycles. The standard InChI is InChI=1S/C29H30N4O4S/c1-19-12-20(2)29(21(3)13-19)38(37)32-26(16-28(35)36)24-8-4-6-22(14-24)23-7-5-9-25(15-23)31-27(34)17-33-11-10-30-18-33/h4-15,18,26,32H,16-17H2,1-3H3,(H,31,34)(H,35,36). The summed E-state index contributed by atoms with van der Waals surface area (Å²) in [6.07, 6.45) is 4.69. The van der Waals surface area contributed by atoms with E-state index in [0.717, 1.165) is 27.8 Å². The minimum Gasteiger partial charge on any atom is -0.481 e. The molecule has 0 spiro atoms. The van der Waals surface area contributed by atoms with E-state index in [1.807, 2.05) is 81.4 Å². The molecular formula is C29H30N4O4S. The van der Waals surface area contributed by atoms with E-state index in [9.17, 15) is 18.9 Å². The first kappa shape index (κ1) is 27.0. The lowest BCUT2D eigenvalue weighted by atomic mass is 9.98. The fourth-order valence-corrected chi connectivity index (χ4v) is 5.81. The Morgan fingerprint density at radius 3 is 2.34 bits per heavy atom. The van der Waals surface area contributed by atoms with Crippen molar-refractivity contribution >= 4 is 28.5 Å². The van der Waals surface area contributed by atoms with Gasteiger partial charge in [-0.25, -0.2) is 13.9 Å². The van der Waals surface area contributed by atoms with Gasteiger partial charge in [0.25, 0.3) is 0 Å². The summed E-state index contributed by atoms with van der Waals surface area (Å²) >= 11 is 0. The van der Waals surface area contributed by atoms with Crippen LogP contribution in [0.25, 0.3) is 11.1 Å². The second kappa shape index (κ2) is 12.0. The molecule has 8 nitrogen and oxygen atoms in total. The van der Waals surface area contributed by atoms with Gasteiger partial charge < -0.3 is 15.0 Å². The molecule has 1 aromatic heterocycles. The SMILES string of the molecule is Cc1cc(C)c(S(=O)NC(CC(=O)O)c2cccc(-c3cccc(NC(=O)Cn4ccnc4)c3)c2)c(C)c1. The fourth-order valence-electron chi connectivity index (χ4n) is 4.51. The number of carboxylic acid groups (broad SMARTS) is 1. The number of nitrogens with zero attached hydrogens (tertiary/aromatic N) is 2. The van der Waals surface area contributed by atoms with Crippen LogP contribution in [0.2, 0.25) is 0 Å². The maximum absolute atomic E-state index is 13.3. The number of rotatable bonds is 10. The van der Waals surface area contributed by atoms with E-state index in [0.29, 0.717) is 16.1 Å². The summed E-state index contributed by atoms with van der Waals surface area (Å²) in [6, 6.07) is 18.2. The Bertz CT molecular complexity index is 1460. The van der Waals surface area contributed by atoms with Crippen LogP contribution in [0.1, 0.15) is 34.7 Å². The average molecular weight is 531 g/mol. The van der Waals surface area contributed by atoms with Crippen LogP contribution in [0.3, 0.4) is 0 Å². The van der Waals surface area contributed by atoms with Crippen molar-refractivity contribution in [3.8, 4) is 11.1 Å². The predicted molar refractivity (Wildman–Crippen MR) is 148 cm³/mol. The maximum atomic E-state index is 13.3. The zero-order valence-corrected chi connectivity index (χ0v) is 22.3. The van der Waals surface area contributed by atoms with Gasteiger partial charge >= 0.3 is 5.97 Å². The number of amides is 1. The average Bonchev–Trinajstić information content (AvgIpc) is 3.36. The van der Waals surface area contributed by atoms with Gasteiger partial charge in [0, 0.05) is 18.1 Å². The summed E-state index contributed by atoms with van der Waals surface area (Å²) in [4.78, 5) is 28.7. The Hall–Kier alpha value is -4.08. The number of aromatic nitrogens is 2. The number of imidazole rings is 1. The van der Waals surface area contributed by atoms with Crippen molar-refractivity contribution in [1.82, 2.24) is 14.3 Å². The molecule has 1 amide bonds. The van der Waals surface area contributed by atoms with Crippen molar-refractivity contribution in [3.63, 3.8) is 0 Å². The third-order valence-corrected chi connectivity index (χ3v) is 7.59. The number of benzene rings is 3. The van der Waals surface area contributed by atoms with E-state index in [1.54, 1.807) is 23.3 Å². The van der Waals surface area contributed by atoms with Gasteiger partial charge in [0.15, 0.2) is 0 Å². The summed E-state index contributed by atoms with van der Waals surface area (Å²) < 4.78 is 18.1. The van der Waals surface area contributed by atoms with E-state index < -0.39 is 23.0 Å². The van der Waals surface area contributed by atoms with E-state index in [4.69, 9.17) is 0 Å². The van der Waals surface area contributed by atoms with Crippen molar-refractivity contribution in [2.75, 3.05) is 5.32 Å². The molecule has 9 heteroatoms. The van der Waals surface area contributed by atoms with Crippen LogP contribution in [0.5, 0.6) is 0 Å². The molecule has 0 saturated carbocycles. The van der Waals surface area contributed by atoms with Crippen LogP contribution < -0.4 is 10.0 Å². The molecule has 4 rings (SSSR count). The van der Waals surface area contributed by atoms with Crippen molar-refractivity contribution in [2.45, 2.75) is 44.7 Å². The van der Waals surface area contributed by atoms with Crippen LogP contribution >= 0.6 is 0 Å². The third-order valence-electron chi connectivity index (χ3n) is 6.07. The van der Waals surface area contributed by atoms with Crippen LogP contribution in [0.4, 0.5) is 5.69 Å². The monoisotopic (exact) mass is 530 g/mol. The molecule has 0 aliphatic rings. The minimum absolute atomic E-state index is 0.152. The van der Waals surface area contributed by atoms with E-state index >= 15 is 0 Å². The van der Waals surface area contributed by atoms with Gasteiger partial charge in [0.1, 0.15) is 17.5 Å². The molecular weight excluding hydrogens is 500 g/mol. The molecule has 1 heterocycles. The Kier molecular flexibility index (Phi) is 8.50. The summed E-state index contributed by atoms with van der Waals surface area (Å²) in [5, 5.41) is 12.5. The van der Waals surface area contributed by atoms with Crippen molar-refractivity contribution < 1.29 is 18.9 Å². The second-order valence-corrected chi connectivity index (χ2v) is 10.4. The molecule has 4 aromatic rings. The first-order valence-corrected chi connectivity index (χ1v) is 13.3. The van der Waals surface area contributed by atoms with E-state index in [2.05, 4.69) is 15.0 Å². The molecule has 38 heavy (non-hydrogen) atoms. The largest absolute Gasteiger partial charge is 0.481 e. The normalized spacial score (nSPS) is 12.6. The quantitative estimate of drug-likeness (QED) is 0.269. The molecule has 0 aliphatic heterocycles. The number of carboxylic acids is 1. The number of anilines is 1. The molecule has 3 aromatic carbocycles. The summed E-state index contributed by atoms with van der Waals surface area (Å²) in [5.41, 5.74) is 5.91. The zero-order chi connectivity index (χ0) is 27.2. The topological polar surface area (TPSA) is 113 Å². The van der Waals surface area contributed by atoms with Gasteiger partial charge in [-0.05, 0) is 66.8 Å². The third kappa shape index (κ3) is 6.81. The highest BCUT2D eigenvalue weighted by Crippen LogP contribution is 2.28. The highest BCUT2D eigenvalue weighted by Gasteiger charge is 2.21. The lowest BCUT2D eigenvalue weighted by Gasteiger charge is -2.20. The summed E-state index contributed by atoms with van der Waals surface area (Å²) in [5.74, 6) is -1.17. The van der Waals surface area contributed by atoms with Crippen molar-refractivity contribution in [2.24, 2.45) is 0 Å². The predicted octanol–water partition coefficient (Wildman–Crippen LogP) is 4.94. The number of carbonyl (C=O) groups is 2. The Labute approximate surface area is 224 Å². The zero-order valence-electron chi connectivity index (χ0n) is 21.5. The van der Waals surface area contributed by atoms with Crippen molar-refractivity contribution in [1.29, 1.82) is 0 Å². The van der Waals surface area contributed by atoms with Gasteiger partial charge in [0.05, 0.1) is 23.7 Å². The van der Waals surface area contributed by atoms with Gasteiger partial charge in [-0.15, -0.1) is 0 Å². The molecule has 2 atom stereocenters. The first-order valence-electron chi connectivity index (χ1n) is 12.1. The van der Waals surface area contributed by atoms with E-state index in [1.165, 1.54) is 0 Å². The number of aryl methyl sites for hydroxylation is 3. The van der Waals surface area contributed by atoms with Gasteiger partial charge in [-0.1, -0.05) is 48.0 Å². The fraction of sp³-hybridized carbons (Fsp3) is 0.207. The smallest absolute Gasteiger partial charge is 0.305 e. The van der Waals surface area contributed by atoms with Crippen LogP contribution in [-0.4, -0.2) is 30.7 Å².